The van der Waals surface area contributed by atoms with Crippen LogP contribution in [0.25, 0.3) is 33.4 Å². The van der Waals surface area contributed by atoms with Gasteiger partial charge in [-0.15, -0.1) is 0 Å². The van der Waals surface area contributed by atoms with Crippen LogP contribution in [-0.4, -0.2) is 18.2 Å². The van der Waals surface area contributed by atoms with Crippen molar-refractivity contribution in [1.82, 2.24) is 0 Å². The van der Waals surface area contributed by atoms with E-state index < -0.39 is 5.97 Å². The quantitative estimate of drug-likeness (QED) is 0.423. The van der Waals surface area contributed by atoms with Crippen molar-refractivity contribution < 1.29 is 19.1 Å². The number of nitrogens with zero attached hydrogens (tertiary/aromatic N) is 1. The number of hydrogen-bond acceptors (Lipinski definition) is 6. The summed E-state index contributed by atoms with van der Waals surface area (Å²) in [6.45, 7) is 0. The molecule has 28 heavy (non-hydrogen) atoms. The first-order valence-electron chi connectivity index (χ1n) is 8.34. The Labute approximate surface area is 159 Å². The van der Waals surface area contributed by atoms with Crippen molar-refractivity contribution in [2.45, 2.75) is 0 Å². The van der Waals surface area contributed by atoms with Crippen LogP contribution >= 0.6 is 0 Å². The molecule has 1 heterocycles. The second kappa shape index (κ2) is 6.56. The molecule has 0 atom stereocenters. The normalized spacial score (nSPS) is 10.7. The van der Waals surface area contributed by atoms with E-state index in [1.165, 1.54) is 37.4 Å². The molecule has 0 aromatic heterocycles. The van der Waals surface area contributed by atoms with Crippen LogP contribution in [0.2, 0.25) is 0 Å². The van der Waals surface area contributed by atoms with Gasteiger partial charge in [-0.2, -0.15) is 5.26 Å². The van der Waals surface area contributed by atoms with Crippen molar-refractivity contribution in [1.29, 1.82) is 5.26 Å². The van der Waals surface area contributed by atoms with Gasteiger partial charge in [-0.25, -0.2) is 4.79 Å². The van der Waals surface area contributed by atoms with E-state index in [1.807, 2.05) is 6.07 Å². The molecule has 4 rings (SSSR count). The smallest absolute Gasteiger partial charge is 0.338 e. The number of methoxy groups -OCH3 is 1. The van der Waals surface area contributed by atoms with Crippen LogP contribution in [0, 0.1) is 11.3 Å². The third kappa shape index (κ3) is 2.75. The summed E-state index contributed by atoms with van der Waals surface area (Å²) < 4.78 is 10.7. The molecule has 0 saturated carbocycles. The number of phenols is 1. The molecule has 0 spiro atoms. The van der Waals surface area contributed by atoms with E-state index in [1.54, 1.807) is 24.3 Å². The van der Waals surface area contributed by atoms with E-state index in [0.29, 0.717) is 39.0 Å². The highest BCUT2D eigenvalue weighted by atomic mass is 16.5. The molecule has 6 heteroatoms. The van der Waals surface area contributed by atoms with Crippen LogP contribution in [0.3, 0.4) is 0 Å². The molecule has 0 bridgehead atoms. The number of rotatable bonds is 2. The highest BCUT2D eigenvalue weighted by Crippen LogP contribution is 2.42. The lowest BCUT2D eigenvalue weighted by atomic mass is 9.90. The molecule has 0 fully saturated rings. The maximum atomic E-state index is 12.4. The maximum Gasteiger partial charge on any atom is 0.338 e. The molecule has 136 valence electrons. The number of ether oxygens (including phenoxy) is 1. The van der Waals surface area contributed by atoms with Gasteiger partial charge in [0.15, 0.2) is 5.43 Å². The van der Waals surface area contributed by atoms with Crippen LogP contribution in [-0.2, 0) is 4.74 Å². The fourth-order valence-corrected chi connectivity index (χ4v) is 3.26. The largest absolute Gasteiger partial charge is 0.508 e. The summed E-state index contributed by atoms with van der Waals surface area (Å²) in [6.07, 6.45) is 0. The second-order valence-corrected chi connectivity index (χ2v) is 6.18. The van der Waals surface area contributed by atoms with E-state index >= 15 is 0 Å². The average molecular weight is 371 g/mol. The number of carbonyl (C=O) groups is 1. The van der Waals surface area contributed by atoms with E-state index in [2.05, 4.69) is 0 Å². The number of nitriles is 1. The molecule has 0 unspecified atom stereocenters. The Kier molecular flexibility index (Phi) is 4.06. The Balaban J connectivity index is 2.18. The predicted octanol–water partition coefficient (Wildman–Crippen LogP) is 3.93. The SMILES string of the molecule is COC(=O)c1cc(C#N)ccc1-c1c2ccc(=O)cc-2oc2cc(O)ccc12. The average Bonchev–Trinajstić information content (AvgIpc) is 2.70. The van der Waals surface area contributed by atoms with Crippen molar-refractivity contribution >= 4 is 16.9 Å². The van der Waals surface area contributed by atoms with Crippen molar-refractivity contribution in [3.05, 3.63) is 75.9 Å². The Morgan fingerprint density at radius 2 is 1.86 bits per heavy atom. The molecule has 1 N–H and O–H groups in total. The zero-order valence-corrected chi connectivity index (χ0v) is 14.7. The molecule has 2 aromatic carbocycles. The van der Waals surface area contributed by atoms with Crippen LogP contribution < -0.4 is 5.43 Å². The van der Waals surface area contributed by atoms with Gasteiger partial charge >= 0.3 is 5.97 Å². The maximum absolute atomic E-state index is 12.4. The number of fused-ring (bicyclic) bond motifs is 2. The third-order valence-electron chi connectivity index (χ3n) is 4.50. The second-order valence-electron chi connectivity index (χ2n) is 6.18. The molecule has 0 radical (unpaired) electrons. The first kappa shape index (κ1) is 17.3. The van der Waals surface area contributed by atoms with Gasteiger partial charge in [-0.1, -0.05) is 6.07 Å². The molecule has 1 aliphatic carbocycles. The summed E-state index contributed by atoms with van der Waals surface area (Å²) in [5, 5.41) is 19.7. The third-order valence-corrected chi connectivity index (χ3v) is 4.50. The van der Waals surface area contributed by atoms with Crippen LogP contribution in [0.4, 0.5) is 0 Å². The fourth-order valence-electron chi connectivity index (χ4n) is 3.26. The molecule has 2 aliphatic rings. The summed E-state index contributed by atoms with van der Waals surface area (Å²) in [5.41, 5.74) is 2.45. The summed E-state index contributed by atoms with van der Waals surface area (Å²) in [4.78, 5) is 24.2. The van der Waals surface area contributed by atoms with Gasteiger partial charge in [0.25, 0.3) is 0 Å². The number of aromatic hydroxyl groups is 1. The first-order chi connectivity index (χ1) is 13.5. The lowest BCUT2D eigenvalue weighted by Crippen LogP contribution is -2.06. The number of phenolic OH excluding ortho intramolecular Hbond substituents is 1. The molecule has 0 saturated heterocycles. The van der Waals surface area contributed by atoms with E-state index in [9.17, 15) is 20.0 Å². The van der Waals surface area contributed by atoms with Gasteiger partial charge in [-0.05, 0) is 42.0 Å². The number of esters is 1. The molecular weight excluding hydrogens is 358 g/mol. The highest BCUT2D eigenvalue weighted by molar-refractivity contribution is 6.08. The summed E-state index contributed by atoms with van der Waals surface area (Å²) in [5.74, 6) is -0.262. The van der Waals surface area contributed by atoms with Gasteiger partial charge in [0.1, 0.15) is 17.1 Å². The van der Waals surface area contributed by atoms with Crippen LogP contribution in [0.5, 0.6) is 5.75 Å². The van der Waals surface area contributed by atoms with E-state index in [-0.39, 0.29) is 16.7 Å². The zero-order chi connectivity index (χ0) is 19.8. The van der Waals surface area contributed by atoms with Crippen molar-refractivity contribution in [3.8, 4) is 34.3 Å². The number of benzene rings is 3. The minimum Gasteiger partial charge on any atom is -0.508 e. The van der Waals surface area contributed by atoms with Gasteiger partial charge in [0.05, 0.1) is 24.3 Å². The summed E-state index contributed by atoms with van der Waals surface area (Å²) in [6, 6.07) is 15.8. The first-order valence-corrected chi connectivity index (χ1v) is 8.34. The molecule has 6 nitrogen and oxygen atoms in total. The minimum atomic E-state index is -0.589. The zero-order valence-electron chi connectivity index (χ0n) is 14.7. The van der Waals surface area contributed by atoms with Crippen LogP contribution in [0.15, 0.2) is 63.8 Å². The molecule has 1 aliphatic heterocycles. The molecule has 2 aromatic rings. The van der Waals surface area contributed by atoms with Crippen molar-refractivity contribution in [2.24, 2.45) is 0 Å². The van der Waals surface area contributed by atoms with Crippen molar-refractivity contribution in [3.63, 3.8) is 0 Å². The van der Waals surface area contributed by atoms with Crippen molar-refractivity contribution in [2.75, 3.05) is 7.11 Å². The Bertz CT molecular complexity index is 1310. The predicted molar refractivity (Wildman–Crippen MR) is 102 cm³/mol. The lowest BCUT2D eigenvalue weighted by molar-refractivity contribution is 0.0601. The lowest BCUT2D eigenvalue weighted by Gasteiger charge is -2.17. The van der Waals surface area contributed by atoms with Crippen LogP contribution in [0.1, 0.15) is 15.9 Å². The Morgan fingerprint density at radius 3 is 2.61 bits per heavy atom. The van der Waals surface area contributed by atoms with E-state index in [4.69, 9.17) is 9.15 Å². The number of hydrogen-bond donors (Lipinski definition) is 1. The standard InChI is InChI=1S/C22H13NO5/c1-27-22(26)18-8-12(11-23)2-5-15(18)21-16-6-3-13(24)9-19(16)28-20-10-14(25)4-7-17(20)21/h2-10,24H,1H3. The highest BCUT2D eigenvalue weighted by Gasteiger charge is 2.22. The Morgan fingerprint density at radius 1 is 1.07 bits per heavy atom. The summed E-state index contributed by atoms with van der Waals surface area (Å²) >= 11 is 0. The van der Waals surface area contributed by atoms with Gasteiger partial charge < -0.3 is 14.3 Å². The minimum absolute atomic E-state index is 0.00727. The van der Waals surface area contributed by atoms with E-state index in [0.717, 1.165) is 0 Å². The number of carbonyl (C=O) groups excluding carboxylic acids is 1. The Hall–Kier alpha value is -4.11. The van der Waals surface area contributed by atoms with Gasteiger partial charge in [0.2, 0.25) is 0 Å². The summed E-state index contributed by atoms with van der Waals surface area (Å²) in [7, 11) is 1.27. The monoisotopic (exact) mass is 371 g/mol. The fraction of sp³-hybridized carbons (Fsp3) is 0.0455. The topological polar surface area (TPSA) is 101 Å². The van der Waals surface area contributed by atoms with Gasteiger partial charge in [-0.3, -0.25) is 4.79 Å². The van der Waals surface area contributed by atoms with Gasteiger partial charge in [0, 0.05) is 28.6 Å². The molecular formula is C22H13NO5. The molecule has 0 amide bonds.